The van der Waals surface area contributed by atoms with Crippen molar-refractivity contribution in [1.29, 1.82) is 0 Å². The molecule has 3 saturated carbocycles. The molecule has 4 rings (SSSR count). The second-order valence-electron chi connectivity index (χ2n) is 6.90. The third-order valence-electron chi connectivity index (χ3n) is 5.22. The van der Waals surface area contributed by atoms with Gasteiger partial charge in [0.2, 0.25) is 5.91 Å². The minimum Gasteiger partial charge on any atom is -0.347 e. The third-order valence-corrected chi connectivity index (χ3v) is 5.22. The number of pyridine rings is 1. The van der Waals surface area contributed by atoms with Gasteiger partial charge in [0.05, 0.1) is 29.4 Å². The summed E-state index contributed by atoms with van der Waals surface area (Å²) in [5.41, 5.74) is 3.13. The predicted octanol–water partition coefficient (Wildman–Crippen LogP) is 2.60. The lowest BCUT2D eigenvalue weighted by molar-refractivity contribution is -0.365. The van der Waals surface area contributed by atoms with Crippen LogP contribution >= 0.6 is 0 Å². The van der Waals surface area contributed by atoms with Crippen LogP contribution in [0.2, 0.25) is 0 Å². The third kappa shape index (κ3) is 2.37. The quantitative estimate of drug-likeness (QED) is 0.821. The van der Waals surface area contributed by atoms with E-state index in [0.29, 0.717) is 6.07 Å². The van der Waals surface area contributed by atoms with Crippen molar-refractivity contribution in [2.45, 2.75) is 44.4 Å². The molecular weight excluding hydrogens is 333 g/mol. The van der Waals surface area contributed by atoms with E-state index in [-0.39, 0.29) is 25.0 Å². The number of aromatic nitrogens is 1. The van der Waals surface area contributed by atoms with Gasteiger partial charge in [-0.15, -0.1) is 0 Å². The van der Waals surface area contributed by atoms with Gasteiger partial charge in [0, 0.05) is 6.07 Å². The number of nitrogens with zero attached hydrogens (tertiary/aromatic N) is 1. The highest BCUT2D eigenvalue weighted by molar-refractivity contribution is 5.83. The highest BCUT2D eigenvalue weighted by atomic mass is 19.4. The molecule has 3 aliphatic carbocycles. The van der Waals surface area contributed by atoms with Gasteiger partial charge in [0.1, 0.15) is 11.6 Å². The highest BCUT2D eigenvalue weighted by Gasteiger charge is 2.80. The smallest absolute Gasteiger partial charge is 0.347 e. The molecule has 1 unspecified atom stereocenters. The van der Waals surface area contributed by atoms with Crippen LogP contribution in [0.15, 0.2) is 12.3 Å². The van der Waals surface area contributed by atoms with E-state index in [2.05, 4.69) is 10.3 Å². The van der Waals surface area contributed by atoms with Crippen molar-refractivity contribution in [3.05, 3.63) is 29.6 Å². The van der Waals surface area contributed by atoms with Crippen molar-refractivity contribution in [3.63, 3.8) is 0 Å². The molecule has 4 nitrogen and oxygen atoms in total. The van der Waals surface area contributed by atoms with Crippen LogP contribution in [0.1, 0.15) is 37.9 Å². The van der Waals surface area contributed by atoms with Crippen LogP contribution in [0.4, 0.5) is 22.0 Å². The second kappa shape index (κ2) is 5.11. The molecule has 0 aliphatic heterocycles. The normalized spacial score (nSPS) is 30.8. The lowest BCUT2D eigenvalue weighted by Crippen LogP contribution is -2.75. The number of nitrogens with two attached hydrogens (primary N) is 1. The van der Waals surface area contributed by atoms with Gasteiger partial charge in [-0.05, 0) is 31.6 Å². The molecule has 3 N–H and O–H groups in total. The number of halogens is 5. The Labute approximate surface area is 134 Å². The van der Waals surface area contributed by atoms with Crippen LogP contribution in [0, 0.1) is 22.5 Å². The number of rotatable bonds is 4. The Hall–Kier alpha value is -1.77. The zero-order valence-electron chi connectivity index (χ0n) is 12.8. The number of alkyl halides is 3. The fourth-order valence-corrected chi connectivity index (χ4v) is 3.89. The minimum atomic E-state index is -4.28. The number of hydrogen-bond acceptors (Lipinski definition) is 3. The second-order valence-corrected chi connectivity index (χ2v) is 6.90. The van der Waals surface area contributed by atoms with Crippen molar-refractivity contribution < 1.29 is 26.7 Å². The number of amides is 1. The molecule has 1 aromatic heterocycles. The van der Waals surface area contributed by atoms with Gasteiger partial charge in [0.25, 0.3) is 0 Å². The summed E-state index contributed by atoms with van der Waals surface area (Å²) < 4.78 is 65.0. The molecule has 1 amide bonds. The predicted molar refractivity (Wildman–Crippen MR) is 73.5 cm³/mol. The Kier molecular flexibility index (Phi) is 3.63. The van der Waals surface area contributed by atoms with Gasteiger partial charge in [-0.2, -0.15) is 13.2 Å². The van der Waals surface area contributed by atoms with E-state index < -0.39 is 46.6 Å². The Morgan fingerprint density at radius 3 is 2.42 bits per heavy atom. The van der Waals surface area contributed by atoms with Crippen LogP contribution < -0.4 is 11.1 Å². The minimum absolute atomic E-state index is 0.157. The Morgan fingerprint density at radius 1 is 1.33 bits per heavy atom. The first-order valence-electron chi connectivity index (χ1n) is 7.43. The molecule has 132 valence electrons. The SMILES string of the molecule is C[C@H](NC(=O)C(N)C12CC(C(F)(F)F)(C1)C2)c1ncc(F)cc1F. The van der Waals surface area contributed by atoms with E-state index in [1.165, 1.54) is 6.92 Å². The first-order chi connectivity index (χ1) is 11.0. The van der Waals surface area contributed by atoms with Gasteiger partial charge in [0.15, 0.2) is 0 Å². The molecule has 0 saturated heterocycles. The summed E-state index contributed by atoms with van der Waals surface area (Å²) >= 11 is 0. The van der Waals surface area contributed by atoms with Crippen LogP contribution in [-0.2, 0) is 4.79 Å². The first kappa shape index (κ1) is 17.1. The summed E-state index contributed by atoms with van der Waals surface area (Å²) in [6.45, 7) is 1.44. The van der Waals surface area contributed by atoms with Crippen LogP contribution in [0.5, 0.6) is 0 Å². The maximum Gasteiger partial charge on any atom is 0.394 e. The van der Waals surface area contributed by atoms with Gasteiger partial charge in [-0.1, -0.05) is 0 Å². The lowest BCUT2D eigenvalue weighted by atomic mass is 9.33. The summed E-state index contributed by atoms with van der Waals surface area (Å²) in [6.07, 6.45) is -3.94. The maximum absolute atomic E-state index is 13.6. The summed E-state index contributed by atoms with van der Waals surface area (Å²) in [4.78, 5) is 15.8. The average Bonchev–Trinajstić information content (AvgIpc) is 2.32. The van der Waals surface area contributed by atoms with E-state index in [1.807, 2.05) is 0 Å². The number of carbonyl (C=O) groups is 1. The molecule has 3 aliphatic rings. The lowest BCUT2D eigenvalue weighted by Gasteiger charge is -2.72. The van der Waals surface area contributed by atoms with Gasteiger partial charge in [-0.25, -0.2) is 8.78 Å². The molecule has 2 bridgehead atoms. The zero-order valence-corrected chi connectivity index (χ0v) is 12.8. The molecular formula is C15H16F5N3O. The first-order valence-corrected chi connectivity index (χ1v) is 7.43. The average molecular weight is 349 g/mol. The molecule has 2 atom stereocenters. The standard InChI is InChI=1S/C15H16F5N3O/c1-7(10-9(17)2-8(16)3-22-10)23-12(24)11(21)13-4-14(5-13,6-13)15(18,19)20/h2-3,7,11H,4-6,21H2,1H3,(H,23,24)/t7-,11?,13?,14?/m0/s1. The molecule has 24 heavy (non-hydrogen) atoms. The van der Waals surface area contributed by atoms with E-state index in [4.69, 9.17) is 5.73 Å². The van der Waals surface area contributed by atoms with Crippen molar-refractivity contribution in [3.8, 4) is 0 Å². The Morgan fingerprint density at radius 2 is 1.92 bits per heavy atom. The fourth-order valence-electron chi connectivity index (χ4n) is 3.89. The van der Waals surface area contributed by atoms with E-state index in [0.717, 1.165) is 6.20 Å². The topological polar surface area (TPSA) is 68.0 Å². The van der Waals surface area contributed by atoms with Crippen molar-refractivity contribution in [2.75, 3.05) is 0 Å². The zero-order chi connectivity index (χ0) is 17.9. The summed E-state index contributed by atoms with van der Waals surface area (Å²) in [5.74, 6) is -2.43. The van der Waals surface area contributed by atoms with Gasteiger partial charge >= 0.3 is 6.18 Å². The molecule has 0 spiro atoms. The summed E-state index contributed by atoms with van der Waals surface area (Å²) in [7, 11) is 0. The Balaban J connectivity index is 1.62. The van der Waals surface area contributed by atoms with Crippen LogP contribution in [0.3, 0.4) is 0 Å². The summed E-state index contributed by atoms with van der Waals surface area (Å²) in [5, 5.41) is 2.44. The molecule has 3 fully saturated rings. The monoisotopic (exact) mass is 349 g/mol. The van der Waals surface area contributed by atoms with Crippen LogP contribution in [0.25, 0.3) is 0 Å². The van der Waals surface area contributed by atoms with Crippen molar-refractivity contribution >= 4 is 5.91 Å². The van der Waals surface area contributed by atoms with Gasteiger partial charge in [-0.3, -0.25) is 9.78 Å². The maximum atomic E-state index is 13.6. The highest BCUT2D eigenvalue weighted by Crippen LogP contribution is 2.79. The van der Waals surface area contributed by atoms with Crippen molar-refractivity contribution in [1.82, 2.24) is 10.3 Å². The fraction of sp³-hybridized carbons (Fsp3) is 0.600. The van der Waals surface area contributed by atoms with E-state index >= 15 is 0 Å². The largest absolute Gasteiger partial charge is 0.394 e. The summed E-state index contributed by atoms with van der Waals surface area (Å²) in [6, 6.07) is -1.35. The van der Waals surface area contributed by atoms with Crippen LogP contribution in [-0.4, -0.2) is 23.1 Å². The number of nitrogens with one attached hydrogen (secondary N) is 1. The Bertz CT molecular complexity index is 670. The van der Waals surface area contributed by atoms with E-state index in [1.54, 1.807) is 0 Å². The van der Waals surface area contributed by atoms with Gasteiger partial charge < -0.3 is 11.1 Å². The number of carbonyl (C=O) groups excluding carboxylic acids is 1. The van der Waals surface area contributed by atoms with E-state index in [9.17, 15) is 26.7 Å². The molecule has 0 aromatic carbocycles. The molecule has 0 radical (unpaired) electrons. The molecule has 1 heterocycles. The molecule has 1 aromatic rings. The number of hydrogen-bond donors (Lipinski definition) is 2. The van der Waals surface area contributed by atoms with Crippen molar-refractivity contribution in [2.24, 2.45) is 16.6 Å². The molecule has 9 heteroatoms.